The SMILES string of the molecule is Oc1cc(S)c(Br)c(S)c1. The van der Waals surface area contributed by atoms with Crippen LogP contribution in [0.1, 0.15) is 0 Å². The lowest BCUT2D eigenvalue weighted by Crippen LogP contribution is -1.73. The molecule has 10 heavy (non-hydrogen) atoms. The highest BCUT2D eigenvalue weighted by Crippen LogP contribution is 2.31. The number of benzene rings is 1. The first-order valence-electron chi connectivity index (χ1n) is 2.51. The van der Waals surface area contributed by atoms with E-state index in [1.165, 1.54) is 0 Å². The van der Waals surface area contributed by atoms with Gasteiger partial charge in [-0.05, 0) is 28.1 Å². The Morgan fingerprint density at radius 1 is 1.20 bits per heavy atom. The third-order valence-electron chi connectivity index (χ3n) is 1.02. The van der Waals surface area contributed by atoms with Crippen molar-refractivity contribution in [3.63, 3.8) is 0 Å². The molecule has 0 radical (unpaired) electrons. The maximum atomic E-state index is 9.00. The Labute approximate surface area is 78.4 Å². The molecule has 1 nitrogen and oxygen atoms in total. The molecule has 0 saturated carbocycles. The molecule has 4 heteroatoms. The van der Waals surface area contributed by atoms with Crippen LogP contribution in [0.4, 0.5) is 0 Å². The van der Waals surface area contributed by atoms with Crippen LogP contribution in [0.25, 0.3) is 0 Å². The lowest BCUT2D eigenvalue weighted by molar-refractivity contribution is 0.472. The van der Waals surface area contributed by atoms with E-state index in [-0.39, 0.29) is 5.75 Å². The standard InChI is InChI=1S/C6H5BrOS2/c7-6-4(9)1-3(8)2-5(6)10/h1-2,8-10H. The number of phenols is 1. The van der Waals surface area contributed by atoms with Crippen molar-refractivity contribution >= 4 is 41.2 Å². The van der Waals surface area contributed by atoms with Gasteiger partial charge in [0.05, 0.1) is 0 Å². The van der Waals surface area contributed by atoms with E-state index in [1.54, 1.807) is 12.1 Å². The van der Waals surface area contributed by atoms with Crippen LogP contribution in [-0.4, -0.2) is 5.11 Å². The second kappa shape index (κ2) is 3.07. The molecule has 0 fully saturated rings. The van der Waals surface area contributed by atoms with Gasteiger partial charge in [-0.15, -0.1) is 25.3 Å². The fraction of sp³-hybridized carbons (Fsp3) is 0. The first-order valence-corrected chi connectivity index (χ1v) is 4.20. The Morgan fingerprint density at radius 3 is 2.00 bits per heavy atom. The van der Waals surface area contributed by atoms with Gasteiger partial charge in [-0.1, -0.05) is 0 Å². The van der Waals surface area contributed by atoms with Crippen molar-refractivity contribution in [2.24, 2.45) is 0 Å². The van der Waals surface area contributed by atoms with Gasteiger partial charge in [-0.25, -0.2) is 0 Å². The number of thiol groups is 2. The molecule has 1 N–H and O–H groups in total. The Balaban J connectivity index is 3.31. The largest absolute Gasteiger partial charge is 0.508 e. The summed E-state index contributed by atoms with van der Waals surface area (Å²) in [6, 6.07) is 3.10. The summed E-state index contributed by atoms with van der Waals surface area (Å²) in [7, 11) is 0. The maximum Gasteiger partial charge on any atom is 0.117 e. The topological polar surface area (TPSA) is 20.2 Å². The van der Waals surface area contributed by atoms with Gasteiger partial charge in [-0.3, -0.25) is 0 Å². The Hall–Kier alpha value is 0.200. The molecule has 0 amide bonds. The molecule has 0 saturated heterocycles. The summed E-state index contributed by atoms with van der Waals surface area (Å²) in [6.45, 7) is 0. The van der Waals surface area contributed by atoms with Crippen LogP contribution in [0.2, 0.25) is 0 Å². The molecule has 1 rings (SSSR count). The summed E-state index contributed by atoms with van der Waals surface area (Å²) in [4.78, 5) is 1.37. The number of hydrogen-bond acceptors (Lipinski definition) is 3. The van der Waals surface area contributed by atoms with Gasteiger partial charge in [0, 0.05) is 14.3 Å². The van der Waals surface area contributed by atoms with E-state index < -0.39 is 0 Å². The lowest BCUT2D eigenvalue weighted by atomic mass is 10.3. The van der Waals surface area contributed by atoms with Crippen LogP contribution in [0.5, 0.6) is 5.75 Å². The van der Waals surface area contributed by atoms with Crippen LogP contribution in [0, 0.1) is 0 Å². The van der Waals surface area contributed by atoms with Crippen molar-refractivity contribution in [2.45, 2.75) is 9.79 Å². The smallest absolute Gasteiger partial charge is 0.117 e. The average molecular weight is 237 g/mol. The second-order valence-corrected chi connectivity index (χ2v) is 3.55. The van der Waals surface area contributed by atoms with Gasteiger partial charge in [0.2, 0.25) is 0 Å². The highest BCUT2D eigenvalue weighted by atomic mass is 79.9. The minimum Gasteiger partial charge on any atom is -0.508 e. The minimum atomic E-state index is 0.179. The highest BCUT2D eigenvalue weighted by Gasteiger charge is 2.01. The van der Waals surface area contributed by atoms with Gasteiger partial charge >= 0.3 is 0 Å². The summed E-state index contributed by atoms with van der Waals surface area (Å²) in [6.07, 6.45) is 0. The molecule has 0 aromatic heterocycles. The van der Waals surface area contributed by atoms with Crippen LogP contribution < -0.4 is 0 Å². The quantitative estimate of drug-likeness (QED) is 0.592. The van der Waals surface area contributed by atoms with Crippen LogP contribution in [-0.2, 0) is 0 Å². The van der Waals surface area contributed by atoms with Crippen LogP contribution in [0.15, 0.2) is 26.4 Å². The molecule has 0 aliphatic carbocycles. The van der Waals surface area contributed by atoms with Gasteiger partial charge in [0.15, 0.2) is 0 Å². The monoisotopic (exact) mass is 236 g/mol. The van der Waals surface area contributed by atoms with Crippen molar-refractivity contribution in [3.05, 3.63) is 16.6 Å². The van der Waals surface area contributed by atoms with E-state index in [0.29, 0.717) is 9.79 Å². The summed E-state index contributed by atoms with van der Waals surface area (Å²) in [5, 5.41) is 9.00. The number of phenolic OH excluding ortho intramolecular Hbond substituents is 1. The Bertz CT molecular complexity index is 239. The predicted octanol–water partition coefficient (Wildman–Crippen LogP) is 2.73. The number of hydrogen-bond donors (Lipinski definition) is 3. The molecule has 54 valence electrons. The number of aromatic hydroxyl groups is 1. The summed E-state index contributed by atoms with van der Waals surface area (Å²) >= 11 is 11.4. The zero-order valence-corrected chi connectivity index (χ0v) is 8.25. The summed E-state index contributed by atoms with van der Waals surface area (Å²) in [5.74, 6) is 0.179. The predicted molar refractivity (Wildman–Crippen MR) is 50.3 cm³/mol. The van der Waals surface area contributed by atoms with Crippen molar-refractivity contribution in [3.8, 4) is 5.75 Å². The highest BCUT2D eigenvalue weighted by molar-refractivity contribution is 9.10. The van der Waals surface area contributed by atoms with Crippen molar-refractivity contribution in [2.75, 3.05) is 0 Å². The zero-order valence-electron chi connectivity index (χ0n) is 4.87. The Kier molecular flexibility index (Phi) is 2.55. The first kappa shape index (κ1) is 8.30. The molecular weight excluding hydrogens is 232 g/mol. The molecule has 0 aliphatic heterocycles. The Morgan fingerprint density at radius 2 is 1.60 bits per heavy atom. The van der Waals surface area contributed by atoms with E-state index in [9.17, 15) is 0 Å². The van der Waals surface area contributed by atoms with Crippen LogP contribution in [0.3, 0.4) is 0 Å². The average Bonchev–Trinajstić information content (AvgIpc) is 1.82. The third kappa shape index (κ3) is 1.62. The molecule has 0 heterocycles. The molecule has 0 unspecified atom stereocenters. The fourth-order valence-corrected chi connectivity index (χ4v) is 1.40. The molecular formula is C6H5BrOS2. The molecule has 1 aromatic carbocycles. The molecule has 0 bridgehead atoms. The van der Waals surface area contributed by atoms with E-state index in [2.05, 4.69) is 41.2 Å². The minimum absolute atomic E-state index is 0.179. The normalized spacial score (nSPS) is 9.90. The molecule has 1 aromatic rings. The zero-order chi connectivity index (χ0) is 7.72. The first-order chi connectivity index (χ1) is 4.61. The van der Waals surface area contributed by atoms with Gasteiger partial charge in [0.25, 0.3) is 0 Å². The van der Waals surface area contributed by atoms with Gasteiger partial charge < -0.3 is 5.11 Å². The summed E-state index contributed by atoms with van der Waals surface area (Å²) in [5.41, 5.74) is 0. The van der Waals surface area contributed by atoms with E-state index in [4.69, 9.17) is 5.11 Å². The summed E-state index contributed by atoms with van der Waals surface area (Å²) < 4.78 is 0.803. The van der Waals surface area contributed by atoms with Crippen LogP contribution >= 0.6 is 41.2 Å². The van der Waals surface area contributed by atoms with E-state index in [1.807, 2.05) is 0 Å². The second-order valence-electron chi connectivity index (χ2n) is 1.80. The van der Waals surface area contributed by atoms with Crippen molar-refractivity contribution in [1.29, 1.82) is 0 Å². The lowest BCUT2D eigenvalue weighted by Gasteiger charge is -2.00. The molecule has 0 spiro atoms. The fourth-order valence-electron chi connectivity index (χ4n) is 0.580. The molecule has 0 aliphatic rings. The third-order valence-corrected chi connectivity index (χ3v) is 3.19. The van der Waals surface area contributed by atoms with E-state index in [0.717, 1.165) is 4.47 Å². The van der Waals surface area contributed by atoms with Gasteiger partial charge in [0.1, 0.15) is 5.75 Å². The number of halogens is 1. The van der Waals surface area contributed by atoms with Gasteiger partial charge in [-0.2, -0.15) is 0 Å². The molecule has 0 atom stereocenters. The van der Waals surface area contributed by atoms with E-state index >= 15 is 0 Å². The maximum absolute atomic E-state index is 9.00. The van der Waals surface area contributed by atoms with Crippen molar-refractivity contribution < 1.29 is 5.11 Å². The van der Waals surface area contributed by atoms with Crippen molar-refractivity contribution in [1.82, 2.24) is 0 Å². The number of rotatable bonds is 0.